The van der Waals surface area contributed by atoms with Gasteiger partial charge in [0.15, 0.2) is 11.5 Å². The molecule has 2 aliphatic rings. The van der Waals surface area contributed by atoms with E-state index in [2.05, 4.69) is 10.6 Å². The number of halogens is 1. The van der Waals surface area contributed by atoms with Gasteiger partial charge in [-0.25, -0.2) is 0 Å². The number of nitrogens with one attached hydrogen (secondary N) is 2. The van der Waals surface area contributed by atoms with Crippen molar-refractivity contribution in [2.45, 2.75) is 12.5 Å². The third-order valence-corrected chi connectivity index (χ3v) is 3.36. The van der Waals surface area contributed by atoms with Gasteiger partial charge in [0, 0.05) is 24.7 Å². The van der Waals surface area contributed by atoms with Gasteiger partial charge in [0.2, 0.25) is 0 Å². The zero-order valence-corrected chi connectivity index (χ0v) is 10.2. The molecule has 2 aliphatic heterocycles. The van der Waals surface area contributed by atoms with E-state index in [-0.39, 0.29) is 0 Å². The molecule has 0 aromatic heterocycles. The minimum absolute atomic E-state index is 0.440. The monoisotopic (exact) mass is 254 g/mol. The van der Waals surface area contributed by atoms with Gasteiger partial charge in [0.05, 0.1) is 10.7 Å². The molecule has 1 atom stereocenters. The first-order chi connectivity index (χ1) is 8.33. The maximum atomic E-state index is 6.22. The predicted molar refractivity (Wildman–Crippen MR) is 67.3 cm³/mol. The Labute approximate surface area is 105 Å². The van der Waals surface area contributed by atoms with Crippen molar-refractivity contribution in [3.63, 3.8) is 0 Å². The van der Waals surface area contributed by atoms with Crippen molar-refractivity contribution in [3.8, 4) is 11.5 Å². The quantitative estimate of drug-likeness (QED) is 0.846. The van der Waals surface area contributed by atoms with Gasteiger partial charge >= 0.3 is 0 Å². The first-order valence-electron chi connectivity index (χ1n) is 5.89. The normalized spacial score (nSPS) is 22.5. The summed E-state index contributed by atoms with van der Waals surface area (Å²) in [5.74, 6) is 1.51. The van der Waals surface area contributed by atoms with Gasteiger partial charge in [-0.3, -0.25) is 0 Å². The van der Waals surface area contributed by atoms with Crippen LogP contribution in [0, 0.1) is 0 Å². The predicted octanol–water partition coefficient (Wildman–Crippen LogP) is 1.88. The number of hydrogen-bond acceptors (Lipinski definition) is 4. The fourth-order valence-corrected chi connectivity index (χ4v) is 2.38. The number of anilines is 1. The molecule has 5 heteroatoms. The van der Waals surface area contributed by atoms with Crippen LogP contribution in [-0.4, -0.2) is 32.3 Å². The van der Waals surface area contributed by atoms with Crippen LogP contribution in [0.4, 0.5) is 5.69 Å². The molecule has 1 aromatic carbocycles. The van der Waals surface area contributed by atoms with Crippen LogP contribution in [-0.2, 0) is 0 Å². The van der Waals surface area contributed by atoms with Crippen LogP contribution < -0.4 is 20.1 Å². The summed E-state index contributed by atoms with van der Waals surface area (Å²) in [6.45, 7) is 3.21. The minimum Gasteiger partial charge on any atom is -0.486 e. The lowest BCUT2D eigenvalue weighted by Crippen LogP contribution is -2.22. The van der Waals surface area contributed by atoms with Crippen molar-refractivity contribution in [1.29, 1.82) is 0 Å². The average Bonchev–Trinajstić information content (AvgIpc) is 2.83. The van der Waals surface area contributed by atoms with Gasteiger partial charge in [-0.1, -0.05) is 11.6 Å². The highest BCUT2D eigenvalue weighted by atomic mass is 35.5. The highest BCUT2D eigenvalue weighted by Gasteiger charge is 2.19. The number of fused-ring (bicyclic) bond motifs is 1. The average molecular weight is 255 g/mol. The Balaban J connectivity index is 1.83. The van der Waals surface area contributed by atoms with E-state index in [0.717, 1.165) is 36.7 Å². The number of benzene rings is 1. The second kappa shape index (κ2) is 4.63. The first-order valence-corrected chi connectivity index (χ1v) is 6.27. The molecule has 17 heavy (non-hydrogen) atoms. The van der Waals surface area contributed by atoms with Crippen molar-refractivity contribution in [3.05, 3.63) is 17.2 Å². The first kappa shape index (κ1) is 11.0. The molecule has 1 saturated heterocycles. The molecule has 2 N–H and O–H groups in total. The molecule has 2 heterocycles. The number of hydrogen-bond donors (Lipinski definition) is 2. The molecule has 1 unspecified atom stereocenters. The summed E-state index contributed by atoms with van der Waals surface area (Å²) >= 11 is 6.22. The van der Waals surface area contributed by atoms with E-state index in [1.165, 1.54) is 0 Å². The molecular weight excluding hydrogens is 240 g/mol. The molecule has 1 fully saturated rings. The maximum Gasteiger partial charge on any atom is 0.163 e. The Morgan fingerprint density at radius 3 is 2.71 bits per heavy atom. The molecule has 0 radical (unpaired) electrons. The summed E-state index contributed by atoms with van der Waals surface area (Å²) in [5.41, 5.74) is 0.921. The van der Waals surface area contributed by atoms with E-state index in [4.69, 9.17) is 21.1 Å². The van der Waals surface area contributed by atoms with Gasteiger partial charge in [-0.15, -0.1) is 0 Å². The summed E-state index contributed by atoms with van der Waals surface area (Å²) in [6.07, 6.45) is 1.12. The van der Waals surface area contributed by atoms with Crippen molar-refractivity contribution in [2.24, 2.45) is 0 Å². The lowest BCUT2D eigenvalue weighted by molar-refractivity contribution is 0.171. The summed E-state index contributed by atoms with van der Waals surface area (Å²) in [4.78, 5) is 0. The SMILES string of the molecule is Clc1cc2c(cc1NC1CCNC1)OCCO2. The summed E-state index contributed by atoms with van der Waals surface area (Å²) in [7, 11) is 0. The fraction of sp³-hybridized carbons (Fsp3) is 0.500. The van der Waals surface area contributed by atoms with Crippen molar-refractivity contribution in [1.82, 2.24) is 5.32 Å². The number of rotatable bonds is 2. The van der Waals surface area contributed by atoms with Crippen LogP contribution in [0.1, 0.15) is 6.42 Å². The molecule has 0 spiro atoms. The molecule has 4 nitrogen and oxygen atoms in total. The van der Waals surface area contributed by atoms with Crippen molar-refractivity contribution in [2.75, 3.05) is 31.6 Å². The van der Waals surface area contributed by atoms with E-state index in [0.29, 0.717) is 24.3 Å². The summed E-state index contributed by atoms with van der Waals surface area (Å²) in [5, 5.41) is 7.42. The molecule has 0 bridgehead atoms. The standard InChI is InChI=1S/C12H15ClN2O2/c13-9-5-11-12(17-4-3-16-11)6-10(9)15-8-1-2-14-7-8/h5-6,8,14-15H,1-4,7H2. The van der Waals surface area contributed by atoms with Crippen LogP contribution in [0.3, 0.4) is 0 Å². The van der Waals surface area contributed by atoms with E-state index in [1.54, 1.807) is 0 Å². The fourth-order valence-electron chi connectivity index (χ4n) is 2.17. The van der Waals surface area contributed by atoms with Crippen LogP contribution in [0.25, 0.3) is 0 Å². The zero-order valence-electron chi connectivity index (χ0n) is 9.46. The molecule has 0 aliphatic carbocycles. The van der Waals surface area contributed by atoms with Crippen LogP contribution in [0.15, 0.2) is 12.1 Å². The lowest BCUT2D eigenvalue weighted by atomic mass is 10.2. The van der Waals surface area contributed by atoms with E-state index >= 15 is 0 Å². The summed E-state index contributed by atoms with van der Waals surface area (Å²) in [6, 6.07) is 4.19. The Morgan fingerprint density at radius 1 is 1.24 bits per heavy atom. The second-order valence-electron chi connectivity index (χ2n) is 4.31. The van der Waals surface area contributed by atoms with Crippen molar-refractivity contribution >= 4 is 17.3 Å². The smallest absolute Gasteiger partial charge is 0.163 e. The third-order valence-electron chi connectivity index (χ3n) is 3.05. The van der Waals surface area contributed by atoms with Gasteiger partial charge in [-0.2, -0.15) is 0 Å². The van der Waals surface area contributed by atoms with E-state index in [1.807, 2.05) is 12.1 Å². The Morgan fingerprint density at radius 2 is 2.00 bits per heavy atom. The molecule has 3 rings (SSSR count). The van der Waals surface area contributed by atoms with Gasteiger partial charge in [-0.05, 0) is 13.0 Å². The van der Waals surface area contributed by atoms with Gasteiger partial charge < -0.3 is 20.1 Å². The third kappa shape index (κ3) is 2.28. The molecule has 0 saturated carbocycles. The maximum absolute atomic E-state index is 6.22. The highest BCUT2D eigenvalue weighted by molar-refractivity contribution is 6.33. The van der Waals surface area contributed by atoms with Crippen LogP contribution in [0.5, 0.6) is 11.5 Å². The number of ether oxygens (including phenoxy) is 2. The highest BCUT2D eigenvalue weighted by Crippen LogP contribution is 2.38. The van der Waals surface area contributed by atoms with Gasteiger partial charge in [0.1, 0.15) is 13.2 Å². The zero-order chi connectivity index (χ0) is 11.7. The van der Waals surface area contributed by atoms with Gasteiger partial charge in [0.25, 0.3) is 0 Å². The van der Waals surface area contributed by atoms with Crippen LogP contribution >= 0.6 is 11.6 Å². The van der Waals surface area contributed by atoms with Crippen LogP contribution in [0.2, 0.25) is 5.02 Å². The van der Waals surface area contributed by atoms with E-state index < -0.39 is 0 Å². The van der Waals surface area contributed by atoms with E-state index in [9.17, 15) is 0 Å². The Kier molecular flexibility index (Phi) is 2.99. The molecule has 0 amide bonds. The topological polar surface area (TPSA) is 42.5 Å². The summed E-state index contributed by atoms with van der Waals surface area (Å²) < 4.78 is 11.0. The molecular formula is C12H15ClN2O2. The Hall–Kier alpha value is -1.13. The van der Waals surface area contributed by atoms with Crippen molar-refractivity contribution < 1.29 is 9.47 Å². The second-order valence-corrected chi connectivity index (χ2v) is 4.72. The molecule has 1 aromatic rings. The lowest BCUT2D eigenvalue weighted by Gasteiger charge is -2.21. The Bertz CT molecular complexity index is 419. The molecule has 92 valence electrons. The largest absolute Gasteiger partial charge is 0.486 e. The minimum atomic E-state index is 0.440.